The van der Waals surface area contributed by atoms with Crippen LogP contribution >= 0.6 is 0 Å². The predicted octanol–water partition coefficient (Wildman–Crippen LogP) is 1.62. The van der Waals surface area contributed by atoms with Crippen molar-refractivity contribution in [3.63, 3.8) is 0 Å². The third kappa shape index (κ3) is 1.75. The number of carbonyl (C=O) groups excluding carboxylic acids is 2. The molecule has 1 aliphatic carbocycles. The molecule has 0 N–H and O–H groups in total. The van der Waals surface area contributed by atoms with Crippen LogP contribution in [0.1, 0.15) is 19.8 Å². The van der Waals surface area contributed by atoms with Crippen LogP contribution in [-0.2, 0) is 19.1 Å². The molecule has 0 heterocycles. The van der Waals surface area contributed by atoms with Gasteiger partial charge in [-0.05, 0) is 25.3 Å². The molecule has 1 aliphatic rings. The van der Waals surface area contributed by atoms with Gasteiger partial charge in [0.05, 0.1) is 14.2 Å². The molecule has 0 bridgehead atoms. The lowest BCUT2D eigenvalue weighted by Gasteiger charge is -2.23. The standard InChI is InChI=1S/C12H16O4/c1-5-9-7-12(6-8(9)2,10(13)15-3)11(14)16-4/h5H,1,6-7H2,2-4H3. The number of esters is 2. The van der Waals surface area contributed by atoms with Gasteiger partial charge in [0.1, 0.15) is 0 Å². The summed E-state index contributed by atoms with van der Waals surface area (Å²) in [6.45, 7) is 5.55. The zero-order valence-corrected chi connectivity index (χ0v) is 9.83. The Kier molecular flexibility index (Phi) is 3.52. The Hall–Kier alpha value is -1.58. The smallest absolute Gasteiger partial charge is 0.323 e. The van der Waals surface area contributed by atoms with Gasteiger partial charge in [-0.3, -0.25) is 9.59 Å². The van der Waals surface area contributed by atoms with Crippen molar-refractivity contribution in [2.45, 2.75) is 19.8 Å². The molecule has 4 nitrogen and oxygen atoms in total. The highest BCUT2D eigenvalue weighted by atomic mass is 16.5. The number of rotatable bonds is 3. The molecule has 0 unspecified atom stereocenters. The van der Waals surface area contributed by atoms with Crippen molar-refractivity contribution < 1.29 is 19.1 Å². The van der Waals surface area contributed by atoms with Crippen molar-refractivity contribution in [1.29, 1.82) is 0 Å². The topological polar surface area (TPSA) is 52.6 Å². The number of hydrogen-bond donors (Lipinski definition) is 0. The van der Waals surface area contributed by atoms with Crippen LogP contribution in [0, 0.1) is 5.41 Å². The SMILES string of the molecule is C=CC1=C(C)CC(C(=O)OC)(C(=O)OC)C1. The van der Waals surface area contributed by atoms with E-state index in [9.17, 15) is 9.59 Å². The van der Waals surface area contributed by atoms with Crippen molar-refractivity contribution in [3.05, 3.63) is 23.8 Å². The number of allylic oxidation sites excluding steroid dienone is 3. The Morgan fingerprint density at radius 1 is 1.25 bits per heavy atom. The summed E-state index contributed by atoms with van der Waals surface area (Å²) in [5.41, 5.74) is 0.679. The molecule has 0 aromatic carbocycles. The van der Waals surface area contributed by atoms with Gasteiger partial charge in [-0.25, -0.2) is 0 Å². The number of hydrogen-bond acceptors (Lipinski definition) is 4. The highest BCUT2D eigenvalue weighted by Gasteiger charge is 2.52. The van der Waals surface area contributed by atoms with E-state index in [1.807, 2.05) is 6.92 Å². The molecule has 1 rings (SSSR count). The van der Waals surface area contributed by atoms with Crippen LogP contribution in [0.5, 0.6) is 0 Å². The lowest BCUT2D eigenvalue weighted by Crippen LogP contribution is -2.39. The Balaban J connectivity index is 3.09. The summed E-state index contributed by atoms with van der Waals surface area (Å²) in [7, 11) is 2.54. The van der Waals surface area contributed by atoms with Crippen molar-refractivity contribution in [2.24, 2.45) is 5.41 Å². The van der Waals surface area contributed by atoms with Gasteiger partial charge in [0.15, 0.2) is 5.41 Å². The van der Waals surface area contributed by atoms with E-state index in [1.54, 1.807) is 6.08 Å². The summed E-state index contributed by atoms with van der Waals surface area (Å²) in [6, 6.07) is 0. The molecule has 0 atom stereocenters. The van der Waals surface area contributed by atoms with Crippen molar-refractivity contribution in [3.8, 4) is 0 Å². The summed E-state index contributed by atoms with van der Waals surface area (Å²) < 4.78 is 9.40. The van der Waals surface area contributed by atoms with E-state index in [-0.39, 0.29) is 0 Å². The fourth-order valence-corrected chi connectivity index (χ4v) is 2.11. The second-order valence-electron chi connectivity index (χ2n) is 3.93. The summed E-state index contributed by atoms with van der Waals surface area (Å²) in [5.74, 6) is -1.09. The lowest BCUT2D eigenvalue weighted by molar-refractivity contribution is -0.168. The minimum absolute atomic E-state index is 0.307. The second-order valence-corrected chi connectivity index (χ2v) is 3.93. The number of methoxy groups -OCH3 is 2. The fraction of sp³-hybridized carbons (Fsp3) is 0.500. The van der Waals surface area contributed by atoms with Gasteiger partial charge in [-0.1, -0.05) is 18.2 Å². The molecule has 16 heavy (non-hydrogen) atoms. The normalized spacial score (nSPS) is 18.2. The summed E-state index contributed by atoms with van der Waals surface area (Å²) in [4.78, 5) is 23.5. The number of carbonyl (C=O) groups is 2. The van der Waals surface area contributed by atoms with Crippen LogP contribution in [0.3, 0.4) is 0 Å². The molecular formula is C12H16O4. The molecule has 0 spiro atoms. The summed E-state index contributed by atoms with van der Waals surface area (Å²) in [5, 5.41) is 0. The van der Waals surface area contributed by atoms with Gasteiger partial charge in [0, 0.05) is 0 Å². The highest BCUT2D eigenvalue weighted by Crippen LogP contribution is 2.44. The maximum atomic E-state index is 11.8. The van der Waals surface area contributed by atoms with E-state index in [0.717, 1.165) is 11.1 Å². The maximum Gasteiger partial charge on any atom is 0.323 e. The Labute approximate surface area is 94.9 Å². The molecule has 0 aromatic rings. The van der Waals surface area contributed by atoms with E-state index < -0.39 is 17.4 Å². The van der Waals surface area contributed by atoms with Gasteiger partial charge >= 0.3 is 11.9 Å². The molecule has 88 valence electrons. The van der Waals surface area contributed by atoms with Gasteiger partial charge in [-0.15, -0.1) is 0 Å². The fourth-order valence-electron chi connectivity index (χ4n) is 2.11. The third-order valence-corrected chi connectivity index (χ3v) is 3.01. The Morgan fingerprint density at radius 3 is 2.06 bits per heavy atom. The molecule has 4 heteroatoms. The molecule has 0 radical (unpaired) electrons. The zero-order chi connectivity index (χ0) is 12.3. The molecule has 0 aromatic heterocycles. The van der Waals surface area contributed by atoms with E-state index in [1.165, 1.54) is 14.2 Å². The van der Waals surface area contributed by atoms with E-state index in [4.69, 9.17) is 9.47 Å². The summed E-state index contributed by atoms with van der Waals surface area (Å²) >= 11 is 0. The quantitative estimate of drug-likeness (QED) is 0.540. The second kappa shape index (κ2) is 4.51. The molecule has 0 saturated carbocycles. The third-order valence-electron chi connectivity index (χ3n) is 3.01. The van der Waals surface area contributed by atoms with Crippen LogP contribution in [0.4, 0.5) is 0 Å². The minimum atomic E-state index is -1.21. The maximum absolute atomic E-state index is 11.8. The highest BCUT2D eigenvalue weighted by molar-refractivity contribution is 6.01. The average molecular weight is 224 g/mol. The van der Waals surface area contributed by atoms with Crippen LogP contribution in [0.2, 0.25) is 0 Å². The molecule has 0 saturated heterocycles. The predicted molar refractivity (Wildman–Crippen MR) is 58.6 cm³/mol. The first-order valence-electron chi connectivity index (χ1n) is 4.99. The first kappa shape index (κ1) is 12.5. The zero-order valence-electron chi connectivity index (χ0n) is 9.83. The minimum Gasteiger partial charge on any atom is -0.468 e. The molecule has 0 fully saturated rings. The van der Waals surface area contributed by atoms with Crippen LogP contribution in [0.25, 0.3) is 0 Å². The first-order chi connectivity index (χ1) is 7.51. The number of ether oxygens (including phenoxy) is 2. The van der Waals surface area contributed by atoms with Crippen LogP contribution in [-0.4, -0.2) is 26.2 Å². The van der Waals surface area contributed by atoms with E-state index >= 15 is 0 Å². The molecule has 0 amide bonds. The molecule has 0 aliphatic heterocycles. The lowest BCUT2D eigenvalue weighted by atomic mass is 9.84. The van der Waals surface area contributed by atoms with Crippen LogP contribution in [0.15, 0.2) is 23.8 Å². The first-order valence-corrected chi connectivity index (χ1v) is 4.99. The molecular weight excluding hydrogens is 208 g/mol. The average Bonchev–Trinajstić information content (AvgIpc) is 2.65. The van der Waals surface area contributed by atoms with E-state index in [2.05, 4.69) is 6.58 Å². The van der Waals surface area contributed by atoms with Gasteiger partial charge in [0.2, 0.25) is 0 Å². The monoisotopic (exact) mass is 224 g/mol. The van der Waals surface area contributed by atoms with Crippen molar-refractivity contribution in [2.75, 3.05) is 14.2 Å². The van der Waals surface area contributed by atoms with Crippen LogP contribution < -0.4 is 0 Å². The largest absolute Gasteiger partial charge is 0.468 e. The van der Waals surface area contributed by atoms with Crippen molar-refractivity contribution >= 4 is 11.9 Å². The van der Waals surface area contributed by atoms with Gasteiger partial charge in [0.25, 0.3) is 0 Å². The Bertz CT molecular complexity index is 349. The van der Waals surface area contributed by atoms with Gasteiger partial charge in [-0.2, -0.15) is 0 Å². The van der Waals surface area contributed by atoms with E-state index in [0.29, 0.717) is 12.8 Å². The van der Waals surface area contributed by atoms with Crippen molar-refractivity contribution in [1.82, 2.24) is 0 Å². The summed E-state index contributed by atoms with van der Waals surface area (Å²) in [6.07, 6.45) is 2.32. The Morgan fingerprint density at radius 2 is 1.75 bits per heavy atom. The van der Waals surface area contributed by atoms with Gasteiger partial charge < -0.3 is 9.47 Å².